The summed E-state index contributed by atoms with van der Waals surface area (Å²) in [4.78, 5) is 0. The van der Waals surface area contributed by atoms with Crippen LogP contribution in [0.5, 0.6) is 0 Å². The Morgan fingerprint density at radius 3 is 3.00 bits per heavy atom. The maximum Gasteiger partial charge on any atom is 0.0710 e. The number of fused-ring (bicyclic) bond motifs is 1. The zero-order valence-electron chi connectivity index (χ0n) is 10.6. The number of para-hydroxylation sites is 1. The van der Waals surface area contributed by atoms with Crippen molar-refractivity contribution in [1.29, 1.82) is 0 Å². The first kappa shape index (κ1) is 11.7. The van der Waals surface area contributed by atoms with Crippen molar-refractivity contribution >= 4 is 10.9 Å². The molecule has 1 atom stereocenters. The van der Waals surface area contributed by atoms with Gasteiger partial charge < -0.3 is 9.84 Å². The molecule has 0 amide bonds. The van der Waals surface area contributed by atoms with Crippen LogP contribution in [0.1, 0.15) is 12.1 Å². The van der Waals surface area contributed by atoms with Gasteiger partial charge in [-0.15, -0.1) is 0 Å². The molecule has 1 aliphatic heterocycles. The molecule has 0 aliphatic carbocycles. The summed E-state index contributed by atoms with van der Waals surface area (Å²) in [5, 5.41) is 15.4. The molecule has 2 aromatic rings. The van der Waals surface area contributed by atoms with Gasteiger partial charge in [0.05, 0.1) is 24.4 Å². The van der Waals surface area contributed by atoms with Crippen LogP contribution in [0.15, 0.2) is 24.3 Å². The third kappa shape index (κ3) is 1.82. The van der Waals surface area contributed by atoms with Crippen LogP contribution in [0.3, 0.4) is 0 Å². The first-order chi connectivity index (χ1) is 8.74. The van der Waals surface area contributed by atoms with E-state index in [0.717, 1.165) is 30.7 Å². The SMILES string of the molecule is Cn1nc(CC2(CO)CCOC2)c2ccccc21. The number of rotatable bonds is 3. The summed E-state index contributed by atoms with van der Waals surface area (Å²) in [6.45, 7) is 1.54. The Bertz CT molecular complexity index is 556. The second kappa shape index (κ2) is 4.37. The van der Waals surface area contributed by atoms with Gasteiger partial charge in [-0.1, -0.05) is 18.2 Å². The Hall–Kier alpha value is -1.39. The van der Waals surface area contributed by atoms with E-state index in [4.69, 9.17) is 4.74 Å². The highest BCUT2D eigenvalue weighted by atomic mass is 16.5. The number of aryl methyl sites for hydroxylation is 1. The lowest BCUT2D eigenvalue weighted by molar-refractivity contribution is 0.0929. The average molecular weight is 246 g/mol. The lowest BCUT2D eigenvalue weighted by Crippen LogP contribution is -2.28. The van der Waals surface area contributed by atoms with E-state index in [-0.39, 0.29) is 12.0 Å². The molecular weight excluding hydrogens is 228 g/mol. The monoisotopic (exact) mass is 246 g/mol. The van der Waals surface area contributed by atoms with E-state index in [9.17, 15) is 5.11 Å². The number of aliphatic hydroxyl groups is 1. The molecule has 96 valence electrons. The van der Waals surface area contributed by atoms with E-state index in [1.807, 2.05) is 23.9 Å². The summed E-state index contributed by atoms with van der Waals surface area (Å²) < 4.78 is 7.36. The van der Waals surface area contributed by atoms with Gasteiger partial charge in [0.2, 0.25) is 0 Å². The van der Waals surface area contributed by atoms with Gasteiger partial charge in [0.1, 0.15) is 0 Å². The van der Waals surface area contributed by atoms with Crippen molar-refractivity contribution < 1.29 is 9.84 Å². The minimum Gasteiger partial charge on any atom is -0.396 e. The zero-order chi connectivity index (χ0) is 12.6. The Labute approximate surface area is 106 Å². The van der Waals surface area contributed by atoms with Crippen LogP contribution >= 0.6 is 0 Å². The highest BCUT2D eigenvalue weighted by Gasteiger charge is 2.35. The molecule has 0 bridgehead atoms. The number of nitrogens with zero attached hydrogens (tertiary/aromatic N) is 2. The van der Waals surface area contributed by atoms with Gasteiger partial charge in [-0.25, -0.2) is 0 Å². The fourth-order valence-corrected chi connectivity index (χ4v) is 2.74. The molecule has 3 rings (SSSR count). The van der Waals surface area contributed by atoms with Crippen molar-refractivity contribution in [1.82, 2.24) is 9.78 Å². The fourth-order valence-electron chi connectivity index (χ4n) is 2.74. The van der Waals surface area contributed by atoms with E-state index in [0.29, 0.717) is 6.61 Å². The number of benzene rings is 1. The average Bonchev–Trinajstić information content (AvgIpc) is 2.98. The third-order valence-corrected chi connectivity index (χ3v) is 3.90. The van der Waals surface area contributed by atoms with Crippen LogP contribution in [-0.4, -0.2) is 34.7 Å². The molecule has 4 nitrogen and oxygen atoms in total. The summed E-state index contributed by atoms with van der Waals surface area (Å²) in [5.41, 5.74) is 2.06. The molecule has 1 unspecified atom stereocenters. The summed E-state index contributed by atoms with van der Waals surface area (Å²) >= 11 is 0. The Morgan fingerprint density at radius 1 is 1.44 bits per heavy atom. The maximum atomic E-state index is 9.64. The van der Waals surface area contributed by atoms with E-state index in [1.165, 1.54) is 5.39 Å². The van der Waals surface area contributed by atoms with Crippen molar-refractivity contribution in [2.45, 2.75) is 12.8 Å². The van der Waals surface area contributed by atoms with Crippen LogP contribution in [0, 0.1) is 5.41 Å². The van der Waals surface area contributed by atoms with Crippen LogP contribution < -0.4 is 0 Å². The molecule has 1 fully saturated rings. The summed E-state index contributed by atoms with van der Waals surface area (Å²) in [7, 11) is 1.96. The first-order valence-electron chi connectivity index (χ1n) is 6.33. The topological polar surface area (TPSA) is 47.3 Å². The first-order valence-corrected chi connectivity index (χ1v) is 6.33. The van der Waals surface area contributed by atoms with Crippen molar-refractivity contribution in [3.05, 3.63) is 30.0 Å². The summed E-state index contributed by atoms with van der Waals surface area (Å²) in [6.07, 6.45) is 1.69. The predicted octanol–water partition coefficient (Wildman–Crippen LogP) is 1.51. The van der Waals surface area contributed by atoms with Crippen LogP contribution in [0.2, 0.25) is 0 Å². The van der Waals surface area contributed by atoms with E-state index < -0.39 is 0 Å². The molecule has 1 aliphatic rings. The molecule has 0 saturated carbocycles. The van der Waals surface area contributed by atoms with Gasteiger partial charge in [-0.2, -0.15) is 5.10 Å². The Balaban J connectivity index is 1.99. The molecule has 1 saturated heterocycles. The number of hydrogen-bond acceptors (Lipinski definition) is 3. The van der Waals surface area contributed by atoms with Crippen molar-refractivity contribution in [2.75, 3.05) is 19.8 Å². The highest BCUT2D eigenvalue weighted by molar-refractivity contribution is 5.81. The van der Waals surface area contributed by atoms with Crippen LogP contribution in [0.4, 0.5) is 0 Å². The second-order valence-corrected chi connectivity index (χ2v) is 5.22. The van der Waals surface area contributed by atoms with E-state index >= 15 is 0 Å². The van der Waals surface area contributed by atoms with Gasteiger partial charge in [-0.05, 0) is 12.5 Å². The second-order valence-electron chi connectivity index (χ2n) is 5.22. The van der Waals surface area contributed by atoms with Crippen molar-refractivity contribution in [2.24, 2.45) is 12.5 Å². The molecule has 0 radical (unpaired) electrons. The van der Waals surface area contributed by atoms with E-state index in [2.05, 4.69) is 17.2 Å². The Morgan fingerprint density at radius 2 is 2.28 bits per heavy atom. The van der Waals surface area contributed by atoms with Gasteiger partial charge in [0.15, 0.2) is 0 Å². The number of aromatic nitrogens is 2. The molecular formula is C14H18N2O2. The lowest BCUT2D eigenvalue weighted by Gasteiger charge is -2.23. The Kier molecular flexibility index (Phi) is 2.84. The molecule has 1 aromatic heterocycles. The molecule has 0 spiro atoms. The van der Waals surface area contributed by atoms with Crippen LogP contribution in [-0.2, 0) is 18.2 Å². The largest absolute Gasteiger partial charge is 0.396 e. The van der Waals surface area contributed by atoms with Crippen molar-refractivity contribution in [3.8, 4) is 0 Å². The molecule has 2 heterocycles. The van der Waals surface area contributed by atoms with Gasteiger partial charge in [0, 0.05) is 30.9 Å². The predicted molar refractivity (Wildman–Crippen MR) is 69.4 cm³/mol. The van der Waals surface area contributed by atoms with Crippen LogP contribution in [0.25, 0.3) is 10.9 Å². The minimum absolute atomic E-state index is 0.142. The summed E-state index contributed by atoms with van der Waals surface area (Å²) in [6, 6.07) is 8.22. The lowest BCUT2D eigenvalue weighted by atomic mass is 9.83. The third-order valence-electron chi connectivity index (χ3n) is 3.90. The van der Waals surface area contributed by atoms with Gasteiger partial charge in [0.25, 0.3) is 0 Å². The van der Waals surface area contributed by atoms with E-state index in [1.54, 1.807) is 0 Å². The van der Waals surface area contributed by atoms with Gasteiger partial charge in [-0.3, -0.25) is 4.68 Å². The number of hydrogen-bond donors (Lipinski definition) is 1. The molecule has 18 heavy (non-hydrogen) atoms. The summed E-state index contributed by atoms with van der Waals surface area (Å²) in [5.74, 6) is 0. The maximum absolute atomic E-state index is 9.64. The molecule has 1 aromatic carbocycles. The van der Waals surface area contributed by atoms with Gasteiger partial charge >= 0.3 is 0 Å². The van der Waals surface area contributed by atoms with Crippen molar-refractivity contribution in [3.63, 3.8) is 0 Å². The number of ether oxygens (including phenoxy) is 1. The quantitative estimate of drug-likeness (QED) is 0.893. The molecule has 4 heteroatoms. The molecule has 1 N–H and O–H groups in total. The minimum atomic E-state index is -0.142. The number of aliphatic hydroxyl groups excluding tert-OH is 1. The fraction of sp³-hybridized carbons (Fsp3) is 0.500. The normalized spacial score (nSPS) is 23.9. The highest BCUT2D eigenvalue weighted by Crippen LogP contribution is 2.33. The standard InChI is InChI=1S/C14H18N2O2/c1-16-13-5-3-2-4-11(13)12(15-16)8-14(9-17)6-7-18-10-14/h2-5,17H,6-10H2,1H3. The zero-order valence-corrected chi connectivity index (χ0v) is 10.6. The smallest absolute Gasteiger partial charge is 0.0710 e.